The van der Waals surface area contributed by atoms with Crippen LogP contribution in [0.1, 0.15) is 29.9 Å². The van der Waals surface area contributed by atoms with Gasteiger partial charge >= 0.3 is 0 Å². The zero-order valence-corrected chi connectivity index (χ0v) is 16.5. The zero-order valence-electron chi connectivity index (χ0n) is 14.9. The molecule has 136 valence electrons. The van der Waals surface area contributed by atoms with Crippen LogP contribution in [-0.2, 0) is 11.2 Å². The van der Waals surface area contributed by atoms with Gasteiger partial charge < -0.3 is 4.90 Å². The third kappa shape index (κ3) is 4.04. The van der Waals surface area contributed by atoms with Crippen molar-refractivity contribution in [1.29, 1.82) is 0 Å². The molecule has 2 heterocycles. The second-order valence-corrected chi connectivity index (χ2v) is 9.61. The lowest BCUT2D eigenvalue weighted by Gasteiger charge is -2.29. The molecular weight excluding hydrogens is 348 g/mol. The topological polar surface area (TPSA) is 23.6 Å². The molecule has 0 bridgehead atoms. The van der Waals surface area contributed by atoms with E-state index in [0.717, 1.165) is 45.4 Å². The Hall–Kier alpha value is -0.650. The number of rotatable bonds is 2. The minimum atomic E-state index is 0.103. The standard InChI is InChI=1S/C20H28N2OS2/c23-20(19-7-6-16-4-1-2-5-18(16)19)22-9-3-8-21(10-11-22)17-14-24-12-13-25-15-17/h1-2,4-5,17,19H,3,6-15H2. The van der Waals surface area contributed by atoms with Crippen LogP contribution >= 0.6 is 23.5 Å². The first-order valence-corrected chi connectivity index (χ1v) is 11.9. The fraction of sp³-hybridized carbons (Fsp3) is 0.650. The van der Waals surface area contributed by atoms with E-state index in [-0.39, 0.29) is 5.92 Å². The van der Waals surface area contributed by atoms with E-state index in [1.54, 1.807) is 0 Å². The van der Waals surface area contributed by atoms with Crippen LogP contribution in [0, 0.1) is 0 Å². The van der Waals surface area contributed by atoms with E-state index in [9.17, 15) is 4.79 Å². The average Bonchev–Trinajstić information content (AvgIpc) is 2.83. The van der Waals surface area contributed by atoms with Gasteiger partial charge in [0.15, 0.2) is 0 Å². The predicted molar refractivity (Wildman–Crippen MR) is 109 cm³/mol. The van der Waals surface area contributed by atoms with Gasteiger partial charge in [0.1, 0.15) is 0 Å². The molecule has 0 radical (unpaired) electrons. The van der Waals surface area contributed by atoms with E-state index < -0.39 is 0 Å². The second-order valence-electron chi connectivity index (χ2n) is 7.31. The highest BCUT2D eigenvalue weighted by Crippen LogP contribution is 2.34. The van der Waals surface area contributed by atoms with E-state index in [1.807, 2.05) is 0 Å². The first-order chi connectivity index (χ1) is 12.3. The lowest BCUT2D eigenvalue weighted by molar-refractivity contribution is -0.132. The van der Waals surface area contributed by atoms with E-state index in [1.165, 1.54) is 34.1 Å². The molecule has 0 aromatic heterocycles. The molecule has 1 unspecified atom stereocenters. The summed E-state index contributed by atoms with van der Waals surface area (Å²) in [6.07, 6.45) is 3.17. The van der Waals surface area contributed by atoms with Crippen LogP contribution in [0.4, 0.5) is 0 Å². The Morgan fingerprint density at radius 3 is 2.64 bits per heavy atom. The van der Waals surface area contributed by atoms with Crippen LogP contribution in [-0.4, -0.2) is 70.9 Å². The molecule has 5 heteroatoms. The Morgan fingerprint density at radius 2 is 1.80 bits per heavy atom. The van der Waals surface area contributed by atoms with Gasteiger partial charge in [0, 0.05) is 55.2 Å². The van der Waals surface area contributed by atoms with Gasteiger partial charge in [-0.2, -0.15) is 23.5 Å². The maximum atomic E-state index is 13.2. The molecule has 3 aliphatic rings. The minimum Gasteiger partial charge on any atom is -0.341 e. The van der Waals surface area contributed by atoms with Gasteiger partial charge in [0.05, 0.1) is 5.92 Å². The number of nitrogens with zero attached hydrogens (tertiary/aromatic N) is 2. The Morgan fingerprint density at radius 1 is 1.00 bits per heavy atom. The fourth-order valence-electron chi connectivity index (χ4n) is 4.37. The lowest BCUT2D eigenvalue weighted by Crippen LogP contribution is -2.42. The number of aryl methyl sites for hydroxylation is 1. The van der Waals surface area contributed by atoms with Gasteiger partial charge in [-0.05, 0) is 30.4 Å². The Balaban J connectivity index is 1.38. The predicted octanol–water partition coefficient (Wildman–Crippen LogP) is 3.10. The molecule has 3 nitrogen and oxygen atoms in total. The summed E-state index contributed by atoms with van der Waals surface area (Å²) in [7, 11) is 0. The van der Waals surface area contributed by atoms with Gasteiger partial charge in [0.2, 0.25) is 5.91 Å². The normalized spacial score (nSPS) is 26.1. The maximum Gasteiger partial charge on any atom is 0.230 e. The van der Waals surface area contributed by atoms with Crippen LogP contribution < -0.4 is 0 Å². The first-order valence-electron chi connectivity index (χ1n) is 9.59. The molecule has 2 fully saturated rings. The highest BCUT2D eigenvalue weighted by molar-refractivity contribution is 8.03. The SMILES string of the molecule is O=C(C1CCc2ccccc21)N1CCCN(C2CSCCSC2)CC1. The number of amides is 1. The van der Waals surface area contributed by atoms with Crippen molar-refractivity contribution in [3.05, 3.63) is 35.4 Å². The van der Waals surface area contributed by atoms with E-state index >= 15 is 0 Å². The molecule has 0 saturated carbocycles. The largest absolute Gasteiger partial charge is 0.341 e. The Kier molecular flexibility index (Phi) is 5.94. The van der Waals surface area contributed by atoms with Crippen LogP contribution in [0.15, 0.2) is 24.3 Å². The molecule has 2 aliphatic heterocycles. The smallest absolute Gasteiger partial charge is 0.230 e. The molecule has 2 saturated heterocycles. The van der Waals surface area contributed by atoms with E-state index in [0.29, 0.717) is 11.9 Å². The number of thioether (sulfide) groups is 2. The Bertz CT molecular complexity index is 601. The van der Waals surface area contributed by atoms with Crippen molar-refractivity contribution in [2.75, 3.05) is 49.2 Å². The van der Waals surface area contributed by atoms with Crippen molar-refractivity contribution >= 4 is 29.4 Å². The molecular formula is C20H28N2OS2. The third-order valence-corrected chi connectivity index (χ3v) is 8.27. The van der Waals surface area contributed by atoms with Crippen molar-refractivity contribution in [2.24, 2.45) is 0 Å². The maximum absolute atomic E-state index is 13.2. The quantitative estimate of drug-likeness (QED) is 0.791. The molecule has 1 aromatic rings. The number of carbonyl (C=O) groups is 1. The highest BCUT2D eigenvalue weighted by atomic mass is 32.2. The summed E-state index contributed by atoms with van der Waals surface area (Å²) >= 11 is 4.20. The van der Waals surface area contributed by atoms with Gasteiger partial charge in [-0.1, -0.05) is 24.3 Å². The zero-order chi connectivity index (χ0) is 17.1. The molecule has 1 aliphatic carbocycles. The second kappa shape index (κ2) is 8.36. The van der Waals surface area contributed by atoms with Crippen LogP contribution in [0.3, 0.4) is 0 Å². The third-order valence-electron chi connectivity index (χ3n) is 5.78. The Labute approximate surface area is 159 Å². The molecule has 1 atom stereocenters. The fourth-order valence-corrected chi connectivity index (χ4v) is 7.00. The van der Waals surface area contributed by atoms with E-state index in [2.05, 4.69) is 57.6 Å². The van der Waals surface area contributed by atoms with Crippen molar-refractivity contribution in [3.63, 3.8) is 0 Å². The van der Waals surface area contributed by atoms with Gasteiger partial charge in [-0.25, -0.2) is 0 Å². The van der Waals surface area contributed by atoms with Gasteiger partial charge in [-0.3, -0.25) is 9.69 Å². The number of hydrogen-bond donors (Lipinski definition) is 0. The van der Waals surface area contributed by atoms with E-state index in [4.69, 9.17) is 0 Å². The van der Waals surface area contributed by atoms with Crippen molar-refractivity contribution in [2.45, 2.75) is 31.2 Å². The van der Waals surface area contributed by atoms with Crippen molar-refractivity contribution in [3.8, 4) is 0 Å². The van der Waals surface area contributed by atoms with Crippen LogP contribution in [0.5, 0.6) is 0 Å². The summed E-state index contributed by atoms with van der Waals surface area (Å²) in [5.41, 5.74) is 2.66. The summed E-state index contributed by atoms with van der Waals surface area (Å²) < 4.78 is 0. The first kappa shape index (κ1) is 17.7. The van der Waals surface area contributed by atoms with Gasteiger partial charge in [-0.15, -0.1) is 0 Å². The van der Waals surface area contributed by atoms with Crippen molar-refractivity contribution < 1.29 is 4.79 Å². The molecule has 1 amide bonds. The molecule has 4 rings (SSSR count). The number of benzene rings is 1. The van der Waals surface area contributed by atoms with Crippen molar-refractivity contribution in [1.82, 2.24) is 9.80 Å². The van der Waals surface area contributed by atoms with Crippen LogP contribution in [0.2, 0.25) is 0 Å². The number of fused-ring (bicyclic) bond motifs is 1. The highest BCUT2D eigenvalue weighted by Gasteiger charge is 2.33. The summed E-state index contributed by atoms with van der Waals surface area (Å²) in [4.78, 5) is 18.0. The molecule has 1 aromatic carbocycles. The molecule has 0 spiro atoms. The average molecular weight is 377 g/mol. The van der Waals surface area contributed by atoms with Gasteiger partial charge in [0.25, 0.3) is 0 Å². The monoisotopic (exact) mass is 376 g/mol. The summed E-state index contributed by atoms with van der Waals surface area (Å²) in [6, 6.07) is 9.22. The summed E-state index contributed by atoms with van der Waals surface area (Å²) in [5.74, 6) is 5.58. The summed E-state index contributed by atoms with van der Waals surface area (Å²) in [5, 5.41) is 0. The number of carbonyl (C=O) groups excluding carboxylic acids is 1. The summed E-state index contributed by atoms with van der Waals surface area (Å²) in [6.45, 7) is 4.03. The molecule has 25 heavy (non-hydrogen) atoms. The minimum absolute atomic E-state index is 0.103. The number of hydrogen-bond acceptors (Lipinski definition) is 4. The molecule has 0 N–H and O–H groups in total. The van der Waals surface area contributed by atoms with Crippen LogP contribution in [0.25, 0.3) is 0 Å². The lowest BCUT2D eigenvalue weighted by atomic mass is 10.00.